The number of rotatable bonds is 6. The van der Waals surface area contributed by atoms with Crippen molar-refractivity contribution >= 4 is 11.9 Å². The predicted molar refractivity (Wildman–Crippen MR) is 70.1 cm³/mol. The van der Waals surface area contributed by atoms with Crippen molar-refractivity contribution in [3.8, 4) is 0 Å². The third kappa shape index (κ3) is 3.72. The summed E-state index contributed by atoms with van der Waals surface area (Å²) in [6.45, 7) is 6.16. The number of carbonyl (C=O) groups is 2. The molecule has 1 aliphatic rings. The molecule has 1 amide bonds. The van der Waals surface area contributed by atoms with E-state index in [4.69, 9.17) is 5.11 Å². The highest BCUT2D eigenvalue weighted by atomic mass is 16.4. The Morgan fingerprint density at radius 1 is 1.33 bits per heavy atom. The van der Waals surface area contributed by atoms with Crippen molar-refractivity contribution in [2.24, 2.45) is 17.8 Å². The normalized spacial score (nSPS) is 25.1. The molecule has 0 aromatic rings. The summed E-state index contributed by atoms with van der Waals surface area (Å²) in [5, 5.41) is 12.1. The second-order valence-corrected chi connectivity index (χ2v) is 5.63. The zero-order chi connectivity index (χ0) is 13.7. The van der Waals surface area contributed by atoms with E-state index >= 15 is 0 Å². The molecule has 0 heterocycles. The van der Waals surface area contributed by atoms with Crippen molar-refractivity contribution < 1.29 is 14.7 Å². The first-order valence-corrected chi connectivity index (χ1v) is 7.00. The molecule has 1 fully saturated rings. The molecule has 1 saturated carbocycles. The summed E-state index contributed by atoms with van der Waals surface area (Å²) < 4.78 is 0. The lowest BCUT2D eigenvalue weighted by molar-refractivity contribution is -0.142. The van der Waals surface area contributed by atoms with E-state index < -0.39 is 11.9 Å². The molecule has 0 bridgehead atoms. The van der Waals surface area contributed by atoms with Gasteiger partial charge in [-0.2, -0.15) is 0 Å². The van der Waals surface area contributed by atoms with E-state index in [1.807, 2.05) is 13.8 Å². The molecule has 104 valence electrons. The number of carboxylic acids is 1. The third-order valence-electron chi connectivity index (χ3n) is 3.90. The maximum absolute atomic E-state index is 12.2. The third-order valence-corrected chi connectivity index (χ3v) is 3.90. The Hall–Kier alpha value is -1.06. The minimum absolute atomic E-state index is 0.00467. The average Bonchev–Trinajstić information content (AvgIpc) is 2.73. The standard InChI is InChI=1S/C14H25NO3/c1-4-6-10(9(2)3)13(16)15-12-8-5-7-11(12)14(17)18/h9-12H,4-8H2,1-3H3,(H,15,16)(H,17,18)/t10?,11-,12+/m0/s1. The van der Waals surface area contributed by atoms with Crippen molar-refractivity contribution in [3.05, 3.63) is 0 Å². The SMILES string of the molecule is CCCC(C(=O)N[C@@H]1CCC[C@@H]1C(=O)O)C(C)C. The zero-order valence-corrected chi connectivity index (χ0v) is 11.6. The van der Waals surface area contributed by atoms with E-state index in [2.05, 4.69) is 12.2 Å². The van der Waals surface area contributed by atoms with Gasteiger partial charge in [-0.15, -0.1) is 0 Å². The molecule has 4 nitrogen and oxygen atoms in total. The first kappa shape index (κ1) is 15.0. The Balaban J connectivity index is 2.59. The van der Waals surface area contributed by atoms with Crippen LogP contribution in [0.3, 0.4) is 0 Å². The fraction of sp³-hybridized carbons (Fsp3) is 0.857. The summed E-state index contributed by atoms with van der Waals surface area (Å²) in [5.74, 6) is -0.845. The smallest absolute Gasteiger partial charge is 0.308 e. The second-order valence-electron chi connectivity index (χ2n) is 5.63. The first-order valence-electron chi connectivity index (χ1n) is 7.00. The molecule has 0 aromatic carbocycles. The molecule has 1 aliphatic carbocycles. The number of hydrogen-bond acceptors (Lipinski definition) is 2. The largest absolute Gasteiger partial charge is 0.481 e. The van der Waals surface area contributed by atoms with E-state index in [1.165, 1.54) is 0 Å². The van der Waals surface area contributed by atoms with Gasteiger partial charge in [-0.05, 0) is 25.2 Å². The van der Waals surface area contributed by atoms with Gasteiger partial charge in [-0.1, -0.05) is 33.6 Å². The molecule has 0 radical (unpaired) electrons. The van der Waals surface area contributed by atoms with Crippen LogP contribution in [-0.2, 0) is 9.59 Å². The number of carboxylic acid groups (broad SMARTS) is 1. The number of carbonyl (C=O) groups excluding carboxylic acids is 1. The Bertz CT molecular complexity index is 301. The molecule has 3 atom stereocenters. The second kappa shape index (κ2) is 6.76. The van der Waals surface area contributed by atoms with Gasteiger partial charge in [0.25, 0.3) is 0 Å². The Kier molecular flexibility index (Phi) is 5.63. The van der Waals surface area contributed by atoms with Crippen LogP contribution < -0.4 is 5.32 Å². The summed E-state index contributed by atoms with van der Waals surface area (Å²) in [6, 6.07) is -0.173. The minimum Gasteiger partial charge on any atom is -0.481 e. The van der Waals surface area contributed by atoms with Gasteiger partial charge in [0.1, 0.15) is 0 Å². The lowest BCUT2D eigenvalue weighted by Crippen LogP contribution is -2.44. The topological polar surface area (TPSA) is 66.4 Å². The fourth-order valence-electron chi connectivity index (χ4n) is 2.80. The lowest BCUT2D eigenvalue weighted by Gasteiger charge is -2.24. The number of aliphatic carboxylic acids is 1. The summed E-state index contributed by atoms with van der Waals surface area (Å²) in [5.41, 5.74) is 0. The van der Waals surface area contributed by atoms with Gasteiger partial charge >= 0.3 is 5.97 Å². The number of nitrogens with one attached hydrogen (secondary N) is 1. The van der Waals surface area contributed by atoms with Gasteiger partial charge in [-0.25, -0.2) is 0 Å². The minimum atomic E-state index is -0.783. The van der Waals surface area contributed by atoms with Gasteiger partial charge in [0.2, 0.25) is 5.91 Å². The molecular formula is C14H25NO3. The highest BCUT2D eigenvalue weighted by molar-refractivity contribution is 5.80. The molecule has 4 heteroatoms. The maximum atomic E-state index is 12.2. The van der Waals surface area contributed by atoms with Crippen LogP contribution in [0.2, 0.25) is 0 Å². The summed E-state index contributed by atoms with van der Waals surface area (Å²) in [7, 11) is 0. The predicted octanol–water partition coefficient (Wildman–Crippen LogP) is 2.43. The average molecular weight is 255 g/mol. The molecule has 1 unspecified atom stereocenters. The van der Waals surface area contributed by atoms with Crippen molar-refractivity contribution in [2.45, 2.75) is 58.9 Å². The Morgan fingerprint density at radius 3 is 2.50 bits per heavy atom. The van der Waals surface area contributed by atoms with Crippen molar-refractivity contribution in [2.75, 3.05) is 0 Å². The first-order chi connectivity index (χ1) is 8.47. The van der Waals surface area contributed by atoms with E-state index in [0.717, 1.165) is 25.7 Å². The van der Waals surface area contributed by atoms with E-state index in [-0.39, 0.29) is 17.9 Å². The molecule has 0 aliphatic heterocycles. The number of hydrogen-bond donors (Lipinski definition) is 2. The summed E-state index contributed by atoms with van der Waals surface area (Å²) in [4.78, 5) is 23.3. The van der Waals surface area contributed by atoms with E-state index in [0.29, 0.717) is 12.3 Å². The van der Waals surface area contributed by atoms with E-state index in [9.17, 15) is 9.59 Å². The molecule has 18 heavy (non-hydrogen) atoms. The monoisotopic (exact) mass is 255 g/mol. The summed E-state index contributed by atoms with van der Waals surface area (Å²) in [6.07, 6.45) is 4.21. The van der Waals surface area contributed by atoms with E-state index in [1.54, 1.807) is 0 Å². The molecule has 0 spiro atoms. The molecule has 2 N–H and O–H groups in total. The molecule has 1 rings (SSSR count). The van der Waals surface area contributed by atoms with Crippen molar-refractivity contribution in [1.82, 2.24) is 5.32 Å². The Morgan fingerprint density at radius 2 is 2.00 bits per heavy atom. The molecule has 0 saturated heterocycles. The Labute approximate surface area is 109 Å². The molecule has 0 aromatic heterocycles. The van der Waals surface area contributed by atoms with Crippen molar-refractivity contribution in [1.29, 1.82) is 0 Å². The van der Waals surface area contributed by atoms with Crippen LogP contribution in [0.15, 0.2) is 0 Å². The quantitative estimate of drug-likeness (QED) is 0.766. The van der Waals surface area contributed by atoms with Crippen LogP contribution in [0.5, 0.6) is 0 Å². The maximum Gasteiger partial charge on any atom is 0.308 e. The van der Waals surface area contributed by atoms with Crippen LogP contribution in [0.4, 0.5) is 0 Å². The lowest BCUT2D eigenvalue weighted by atomic mass is 9.90. The number of amides is 1. The van der Waals surface area contributed by atoms with Crippen LogP contribution in [0.1, 0.15) is 52.9 Å². The van der Waals surface area contributed by atoms with Crippen LogP contribution in [0, 0.1) is 17.8 Å². The highest BCUT2D eigenvalue weighted by Crippen LogP contribution is 2.27. The van der Waals surface area contributed by atoms with Gasteiger partial charge in [0.15, 0.2) is 0 Å². The zero-order valence-electron chi connectivity index (χ0n) is 11.6. The van der Waals surface area contributed by atoms with Crippen molar-refractivity contribution in [3.63, 3.8) is 0 Å². The van der Waals surface area contributed by atoms with Gasteiger partial charge in [-0.3, -0.25) is 9.59 Å². The van der Waals surface area contributed by atoms with Crippen LogP contribution >= 0.6 is 0 Å². The fourth-order valence-corrected chi connectivity index (χ4v) is 2.80. The van der Waals surface area contributed by atoms with Gasteiger partial charge in [0, 0.05) is 12.0 Å². The highest BCUT2D eigenvalue weighted by Gasteiger charge is 2.35. The van der Waals surface area contributed by atoms with Crippen LogP contribution in [-0.4, -0.2) is 23.0 Å². The van der Waals surface area contributed by atoms with Gasteiger partial charge < -0.3 is 10.4 Å². The molecular weight excluding hydrogens is 230 g/mol. The summed E-state index contributed by atoms with van der Waals surface area (Å²) >= 11 is 0. The van der Waals surface area contributed by atoms with Crippen LogP contribution in [0.25, 0.3) is 0 Å². The van der Waals surface area contributed by atoms with Gasteiger partial charge in [0.05, 0.1) is 5.92 Å².